The van der Waals surface area contributed by atoms with Crippen molar-refractivity contribution >= 4 is 22.5 Å². The van der Waals surface area contributed by atoms with Crippen molar-refractivity contribution in [3.8, 4) is 0 Å². The predicted molar refractivity (Wildman–Crippen MR) is 69.2 cm³/mol. The Kier molecular flexibility index (Phi) is 3.45. The van der Waals surface area contributed by atoms with Gasteiger partial charge in [0.2, 0.25) is 0 Å². The first-order valence-electron chi connectivity index (χ1n) is 5.56. The second-order valence-electron chi connectivity index (χ2n) is 3.85. The van der Waals surface area contributed by atoms with Gasteiger partial charge in [-0.25, -0.2) is 4.98 Å². The van der Waals surface area contributed by atoms with Crippen molar-refractivity contribution in [2.75, 3.05) is 0 Å². The zero-order valence-electron chi connectivity index (χ0n) is 9.61. The van der Waals surface area contributed by atoms with Crippen LogP contribution in [0.15, 0.2) is 23.0 Å². The van der Waals surface area contributed by atoms with Crippen LogP contribution in [0.25, 0.3) is 10.9 Å². The van der Waals surface area contributed by atoms with Gasteiger partial charge in [0.1, 0.15) is 5.82 Å². The maximum atomic E-state index is 12.2. The molecule has 0 bridgehead atoms. The maximum Gasteiger partial charge on any atom is 0.261 e. The van der Waals surface area contributed by atoms with Crippen LogP contribution in [-0.2, 0) is 13.1 Å². The molecule has 0 amide bonds. The van der Waals surface area contributed by atoms with E-state index in [9.17, 15) is 4.79 Å². The highest BCUT2D eigenvalue weighted by molar-refractivity contribution is 6.31. The quantitative estimate of drug-likeness (QED) is 0.907. The first-order chi connectivity index (χ1) is 8.17. The van der Waals surface area contributed by atoms with E-state index in [0.29, 0.717) is 28.3 Å². The number of aromatic nitrogens is 2. The molecule has 0 unspecified atom stereocenters. The minimum Gasteiger partial charge on any atom is -0.324 e. The number of hydrogen-bond acceptors (Lipinski definition) is 3. The van der Waals surface area contributed by atoms with Gasteiger partial charge in [-0.3, -0.25) is 9.36 Å². The average molecular weight is 252 g/mol. The van der Waals surface area contributed by atoms with Gasteiger partial charge in [0.15, 0.2) is 0 Å². The number of nitrogens with two attached hydrogens (primary N) is 1. The topological polar surface area (TPSA) is 60.9 Å². The van der Waals surface area contributed by atoms with E-state index in [0.717, 1.165) is 6.42 Å². The maximum absolute atomic E-state index is 12.2. The lowest BCUT2D eigenvalue weighted by Gasteiger charge is -2.11. The van der Waals surface area contributed by atoms with Gasteiger partial charge in [0, 0.05) is 11.6 Å². The van der Waals surface area contributed by atoms with Crippen LogP contribution in [0.4, 0.5) is 0 Å². The van der Waals surface area contributed by atoms with Crippen molar-refractivity contribution in [2.24, 2.45) is 5.73 Å². The molecule has 0 fully saturated rings. The predicted octanol–water partition coefficient (Wildman–Crippen LogP) is 1.92. The molecule has 0 aliphatic carbocycles. The van der Waals surface area contributed by atoms with Crippen molar-refractivity contribution in [1.82, 2.24) is 9.55 Å². The Labute approximate surface area is 104 Å². The molecule has 2 rings (SSSR count). The Morgan fingerprint density at radius 2 is 2.24 bits per heavy atom. The molecule has 2 aromatic rings. The minimum atomic E-state index is -0.0473. The number of fused-ring (bicyclic) bond motifs is 1. The standard InChI is InChI=1S/C12H14ClN3O/c1-2-5-16-11(7-14)15-10-6-8(13)3-4-9(10)12(16)17/h3-4,6H,2,5,7,14H2,1H3. The summed E-state index contributed by atoms with van der Waals surface area (Å²) in [5, 5.41) is 1.15. The van der Waals surface area contributed by atoms with E-state index in [1.54, 1.807) is 22.8 Å². The lowest BCUT2D eigenvalue weighted by molar-refractivity contribution is 0.606. The van der Waals surface area contributed by atoms with E-state index < -0.39 is 0 Å². The van der Waals surface area contributed by atoms with E-state index in [-0.39, 0.29) is 12.1 Å². The average Bonchev–Trinajstić information content (AvgIpc) is 2.32. The van der Waals surface area contributed by atoms with E-state index in [1.165, 1.54) is 0 Å². The molecule has 1 aromatic carbocycles. The Balaban J connectivity index is 2.78. The molecule has 17 heavy (non-hydrogen) atoms. The lowest BCUT2D eigenvalue weighted by atomic mass is 10.2. The third-order valence-electron chi connectivity index (χ3n) is 2.63. The highest BCUT2D eigenvalue weighted by atomic mass is 35.5. The summed E-state index contributed by atoms with van der Waals surface area (Å²) in [7, 11) is 0. The van der Waals surface area contributed by atoms with Crippen LogP contribution >= 0.6 is 11.6 Å². The summed E-state index contributed by atoms with van der Waals surface area (Å²) in [5.41, 5.74) is 6.18. The van der Waals surface area contributed by atoms with E-state index in [1.807, 2.05) is 6.92 Å². The van der Waals surface area contributed by atoms with Crippen molar-refractivity contribution in [3.63, 3.8) is 0 Å². The van der Waals surface area contributed by atoms with Gasteiger partial charge in [-0.2, -0.15) is 0 Å². The van der Waals surface area contributed by atoms with Gasteiger partial charge in [-0.15, -0.1) is 0 Å². The summed E-state index contributed by atoms with van der Waals surface area (Å²) in [6.07, 6.45) is 0.869. The number of benzene rings is 1. The van der Waals surface area contributed by atoms with Crippen LogP contribution in [0, 0.1) is 0 Å². The third kappa shape index (κ3) is 2.18. The molecule has 0 spiro atoms. The number of nitrogens with zero attached hydrogens (tertiary/aromatic N) is 2. The molecular weight excluding hydrogens is 238 g/mol. The molecule has 0 atom stereocenters. The Morgan fingerprint density at radius 1 is 1.47 bits per heavy atom. The van der Waals surface area contributed by atoms with Crippen LogP contribution in [0.2, 0.25) is 5.02 Å². The fraction of sp³-hybridized carbons (Fsp3) is 0.333. The molecule has 4 nitrogen and oxygen atoms in total. The fourth-order valence-corrected chi connectivity index (χ4v) is 2.02. The van der Waals surface area contributed by atoms with Crippen molar-refractivity contribution in [2.45, 2.75) is 26.4 Å². The molecule has 0 aliphatic heterocycles. The number of halogens is 1. The molecule has 0 saturated carbocycles. The zero-order chi connectivity index (χ0) is 12.4. The summed E-state index contributed by atoms with van der Waals surface area (Å²) in [4.78, 5) is 16.6. The van der Waals surface area contributed by atoms with Crippen molar-refractivity contribution in [3.05, 3.63) is 39.4 Å². The van der Waals surface area contributed by atoms with Gasteiger partial charge in [0.05, 0.1) is 17.4 Å². The molecule has 2 N–H and O–H groups in total. The SMILES string of the molecule is CCCn1c(CN)nc2cc(Cl)ccc2c1=O. The number of rotatable bonds is 3. The molecule has 0 radical (unpaired) electrons. The normalized spacial score (nSPS) is 11.0. The summed E-state index contributed by atoms with van der Waals surface area (Å²) in [5.74, 6) is 0.603. The minimum absolute atomic E-state index is 0.0473. The Hall–Kier alpha value is -1.39. The van der Waals surface area contributed by atoms with Crippen LogP contribution < -0.4 is 11.3 Å². The Bertz CT molecular complexity index is 606. The highest BCUT2D eigenvalue weighted by Gasteiger charge is 2.09. The van der Waals surface area contributed by atoms with Crippen LogP contribution in [0.5, 0.6) is 0 Å². The van der Waals surface area contributed by atoms with Gasteiger partial charge in [-0.1, -0.05) is 18.5 Å². The summed E-state index contributed by atoms with van der Waals surface area (Å²) < 4.78 is 1.64. The van der Waals surface area contributed by atoms with Crippen LogP contribution in [0.3, 0.4) is 0 Å². The molecule has 5 heteroatoms. The molecule has 1 heterocycles. The van der Waals surface area contributed by atoms with E-state index in [4.69, 9.17) is 17.3 Å². The van der Waals surface area contributed by atoms with E-state index in [2.05, 4.69) is 4.98 Å². The Morgan fingerprint density at radius 3 is 2.88 bits per heavy atom. The van der Waals surface area contributed by atoms with Gasteiger partial charge < -0.3 is 5.73 Å². The van der Waals surface area contributed by atoms with Crippen LogP contribution in [0.1, 0.15) is 19.2 Å². The van der Waals surface area contributed by atoms with Gasteiger partial charge in [0.25, 0.3) is 5.56 Å². The summed E-state index contributed by atoms with van der Waals surface area (Å²) >= 11 is 5.89. The van der Waals surface area contributed by atoms with Crippen molar-refractivity contribution in [1.29, 1.82) is 0 Å². The molecule has 90 valence electrons. The summed E-state index contributed by atoms with van der Waals surface area (Å²) in [6.45, 7) is 2.90. The number of hydrogen-bond donors (Lipinski definition) is 1. The summed E-state index contributed by atoms with van der Waals surface area (Å²) in [6, 6.07) is 5.10. The highest BCUT2D eigenvalue weighted by Crippen LogP contribution is 2.15. The van der Waals surface area contributed by atoms with Crippen molar-refractivity contribution < 1.29 is 0 Å². The lowest BCUT2D eigenvalue weighted by Crippen LogP contribution is -2.26. The smallest absolute Gasteiger partial charge is 0.261 e. The molecular formula is C12H14ClN3O. The first-order valence-corrected chi connectivity index (χ1v) is 5.94. The van der Waals surface area contributed by atoms with Crippen LogP contribution in [-0.4, -0.2) is 9.55 Å². The monoisotopic (exact) mass is 251 g/mol. The van der Waals surface area contributed by atoms with Gasteiger partial charge in [-0.05, 0) is 24.6 Å². The molecule has 0 saturated heterocycles. The third-order valence-corrected chi connectivity index (χ3v) is 2.86. The van der Waals surface area contributed by atoms with Gasteiger partial charge >= 0.3 is 0 Å². The van der Waals surface area contributed by atoms with E-state index >= 15 is 0 Å². The second-order valence-corrected chi connectivity index (χ2v) is 4.29. The zero-order valence-corrected chi connectivity index (χ0v) is 10.4. The first kappa shape index (κ1) is 12.1. The fourth-order valence-electron chi connectivity index (χ4n) is 1.85. The molecule has 1 aromatic heterocycles. The molecule has 0 aliphatic rings. The second kappa shape index (κ2) is 4.85. The largest absolute Gasteiger partial charge is 0.324 e.